The van der Waals surface area contributed by atoms with Crippen LogP contribution in [0.2, 0.25) is 0 Å². The smallest absolute Gasteiger partial charge is 0.366 e. The highest BCUT2D eigenvalue weighted by molar-refractivity contribution is 6.76. The maximum atomic E-state index is 14.8. The molecular formula is C49H51Cl3N2O21. The molecule has 0 aliphatic carbocycles. The molecule has 2 N–H and O–H groups in total. The van der Waals surface area contributed by atoms with Crippen molar-refractivity contribution < 1.29 is 100.0 Å². The van der Waals surface area contributed by atoms with E-state index in [1.54, 1.807) is 30.3 Å². The lowest BCUT2D eigenvalue weighted by atomic mass is 9.87. The lowest BCUT2D eigenvalue weighted by Crippen LogP contribution is -2.72. The monoisotopic (exact) mass is 1110 g/mol. The molecular weight excluding hydrogens is 1060 g/mol. The lowest BCUT2D eigenvalue weighted by Gasteiger charge is -2.51. The third-order valence-electron chi connectivity index (χ3n) is 10.8. The molecule has 26 heteroatoms. The predicted octanol–water partition coefficient (Wildman–Crippen LogP) is 4.29. The zero-order chi connectivity index (χ0) is 55.2. The molecule has 5 rings (SSSR count). The number of halogens is 3. The van der Waals surface area contributed by atoms with E-state index in [0.717, 1.165) is 41.7 Å². The summed E-state index contributed by atoms with van der Waals surface area (Å²) in [6.45, 7) is 3.15. The van der Waals surface area contributed by atoms with Gasteiger partial charge in [0.2, 0.25) is 18.1 Å². The standard InChI is InChI=1S/C49H51Cl3N2O21/c1-25(55)54-36-33(67-27(3)57)22-48(47(63)64-6,74-39(36)37(69-29(5)59)34(68-28(4)58)23-65-26(2)56)75-40-38(71-43(61)31-18-12-8-13-19-31)35(24-66-42(60)30-16-10-7-11-17-30)70-45(73-46(53)49(50,51)52)41(40)72-44(62)32-20-14-9-15-21-32/h7-21,33-41,45,53H,22-24H2,1-6H3,(H,54,55)/t33-,34+,35+,36+,37+,38-,39+,40-,41+,45-,48-/m0/s1. The molecule has 0 spiro atoms. The Balaban J connectivity index is 1.83. The van der Waals surface area contributed by atoms with E-state index in [-0.39, 0.29) is 16.7 Å². The SMILES string of the molecule is COC(=O)[C@@]1(O[C@H]2[C@@H](OC(=O)c3ccccc3)[C@@H](COC(=O)c3ccccc3)O[C@@H](OC(=N)C(Cl)(Cl)Cl)[C@@H]2OC(=O)c2ccccc2)C[C@H](OC(C)=O)[C@@H](NC(C)=O)[C@H]([C@H](OC(C)=O)[C@@H](COC(C)=O)OC(C)=O)O1. The first-order valence-electron chi connectivity index (χ1n) is 22.5. The summed E-state index contributed by atoms with van der Waals surface area (Å²) in [5.74, 6) is -13.9. The summed E-state index contributed by atoms with van der Waals surface area (Å²) in [5, 5.41) is 11.1. The van der Waals surface area contributed by atoms with Crippen molar-refractivity contribution in [1.29, 1.82) is 5.41 Å². The van der Waals surface area contributed by atoms with Gasteiger partial charge >= 0.3 is 47.8 Å². The zero-order valence-corrected chi connectivity index (χ0v) is 43.0. The number of hydrogen-bond donors (Lipinski definition) is 2. The largest absolute Gasteiger partial charge is 0.465 e. The minimum atomic E-state index is -3.13. The zero-order valence-electron chi connectivity index (χ0n) is 40.8. The normalized spacial score (nSPS) is 24.0. The fourth-order valence-electron chi connectivity index (χ4n) is 7.78. The topological polar surface area (TPSA) is 300 Å². The number of carbonyl (C=O) groups is 9. The Kier molecular flexibility index (Phi) is 20.9. The van der Waals surface area contributed by atoms with E-state index in [2.05, 4.69) is 5.32 Å². The van der Waals surface area contributed by atoms with E-state index in [9.17, 15) is 43.2 Å². The fraction of sp³-hybridized carbons (Fsp3) is 0.429. The molecule has 404 valence electrons. The van der Waals surface area contributed by atoms with Crippen LogP contribution in [0.4, 0.5) is 0 Å². The fourth-order valence-corrected chi connectivity index (χ4v) is 7.91. The van der Waals surface area contributed by atoms with Crippen molar-refractivity contribution in [2.24, 2.45) is 0 Å². The number of benzene rings is 3. The second-order valence-electron chi connectivity index (χ2n) is 16.4. The second-order valence-corrected chi connectivity index (χ2v) is 18.7. The molecule has 1 amide bonds. The number of nitrogens with one attached hydrogen (secondary N) is 2. The van der Waals surface area contributed by atoms with Crippen LogP contribution in [0, 0.1) is 5.41 Å². The van der Waals surface area contributed by atoms with Gasteiger partial charge in [0.25, 0.3) is 9.58 Å². The number of ether oxygens (including phenoxy) is 12. The van der Waals surface area contributed by atoms with Crippen LogP contribution >= 0.6 is 34.8 Å². The molecule has 0 unspecified atom stereocenters. The summed E-state index contributed by atoms with van der Waals surface area (Å²) in [6, 6.07) is 20.3. The number of hydrogen-bond acceptors (Lipinski definition) is 22. The number of rotatable bonds is 19. The number of alkyl halides is 3. The van der Waals surface area contributed by atoms with Crippen molar-refractivity contribution in [3.05, 3.63) is 108 Å². The highest BCUT2D eigenvalue weighted by atomic mass is 35.6. The van der Waals surface area contributed by atoms with Gasteiger partial charge in [-0.1, -0.05) is 89.4 Å². The summed E-state index contributed by atoms with van der Waals surface area (Å²) in [6.07, 6.45) is -19.4. The molecule has 0 radical (unpaired) electrons. The third-order valence-corrected chi connectivity index (χ3v) is 11.3. The van der Waals surface area contributed by atoms with E-state index in [0.29, 0.717) is 0 Å². The van der Waals surface area contributed by atoms with Crippen LogP contribution in [0.1, 0.15) is 72.1 Å². The number of esters is 8. The molecule has 2 aliphatic rings. The summed E-state index contributed by atoms with van der Waals surface area (Å²) < 4.78 is 67.8. The van der Waals surface area contributed by atoms with Gasteiger partial charge in [-0.25, -0.2) is 19.2 Å². The molecule has 2 aliphatic heterocycles. The molecule has 2 heterocycles. The van der Waals surface area contributed by atoms with E-state index >= 15 is 0 Å². The Labute approximate surface area is 443 Å². The molecule has 0 aromatic heterocycles. The molecule has 75 heavy (non-hydrogen) atoms. The van der Waals surface area contributed by atoms with Crippen LogP contribution in [0.15, 0.2) is 91.0 Å². The Morgan fingerprint density at radius 2 is 1.19 bits per heavy atom. The summed E-state index contributed by atoms with van der Waals surface area (Å²) in [7, 11) is 0.863. The number of amides is 1. The average Bonchev–Trinajstić information content (AvgIpc) is 3.36. The van der Waals surface area contributed by atoms with Crippen LogP contribution in [-0.4, -0.2) is 151 Å². The molecule has 3 aromatic carbocycles. The van der Waals surface area contributed by atoms with Crippen LogP contribution in [0.5, 0.6) is 0 Å². The van der Waals surface area contributed by atoms with Crippen molar-refractivity contribution in [3.8, 4) is 0 Å². The summed E-state index contributed by atoms with van der Waals surface area (Å²) in [5.41, 5.74) is -0.177. The van der Waals surface area contributed by atoms with Gasteiger partial charge in [0.1, 0.15) is 37.6 Å². The lowest BCUT2D eigenvalue weighted by molar-refractivity contribution is -0.364. The van der Waals surface area contributed by atoms with Crippen molar-refractivity contribution in [1.82, 2.24) is 5.32 Å². The summed E-state index contributed by atoms with van der Waals surface area (Å²) in [4.78, 5) is 121. The second kappa shape index (κ2) is 26.5. The quantitative estimate of drug-likeness (QED) is 0.0556. The number of carbonyl (C=O) groups excluding carboxylic acids is 9. The maximum Gasteiger partial charge on any atom is 0.366 e. The van der Waals surface area contributed by atoms with Gasteiger partial charge in [0, 0.05) is 34.6 Å². The van der Waals surface area contributed by atoms with E-state index in [4.69, 9.17) is 97.1 Å². The van der Waals surface area contributed by atoms with Crippen molar-refractivity contribution in [2.75, 3.05) is 20.3 Å². The van der Waals surface area contributed by atoms with E-state index < -0.39 is 150 Å². The van der Waals surface area contributed by atoms with E-state index in [1.165, 1.54) is 60.7 Å². The minimum absolute atomic E-state index is 0.0408. The molecule has 2 saturated heterocycles. The van der Waals surface area contributed by atoms with Crippen molar-refractivity contribution >= 4 is 94.4 Å². The molecule has 0 saturated carbocycles. The molecule has 2 fully saturated rings. The maximum absolute atomic E-state index is 14.8. The average molecular weight is 1110 g/mol. The third kappa shape index (κ3) is 16.3. The Hall–Kier alpha value is -6.89. The molecule has 0 bridgehead atoms. The van der Waals surface area contributed by atoms with Gasteiger partial charge in [0.05, 0.1) is 36.3 Å². The highest BCUT2D eigenvalue weighted by Gasteiger charge is 2.64. The Bertz CT molecular complexity index is 2550. The molecule has 11 atom stereocenters. The predicted molar refractivity (Wildman–Crippen MR) is 256 cm³/mol. The van der Waals surface area contributed by atoms with Crippen LogP contribution in [0.3, 0.4) is 0 Å². The van der Waals surface area contributed by atoms with Gasteiger partial charge in [-0.2, -0.15) is 0 Å². The molecule has 23 nitrogen and oxygen atoms in total. The molecule has 3 aromatic rings. The van der Waals surface area contributed by atoms with Gasteiger partial charge in [-0.15, -0.1) is 0 Å². The van der Waals surface area contributed by atoms with Crippen molar-refractivity contribution in [3.63, 3.8) is 0 Å². The first-order valence-corrected chi connectivity index (χ1v) is 23.6. The van der Waals surface area contributed by atoms with Gasteiger partial charge in [-0.05, 0) is 36.4 Å². The highest BCUT2D eigenvalue weighted by Crippen LogP contribution is 2.42. The van der Waals surface area contributed by atoms with Gasteiger partial charge in [-0.3, -0.25) is 29.4 Å². The first kappa shape index (κ1) is 59.0. The minimum Gasteiger partial charge on any atom is -0.465 e. The number of methoxy groups -OCH3 is 1. The van der Waals surface area contributed by atoms with Crippen LogP contribution in [0.25, 0.3) is 0 Å². The first-order chi connectivity index (χ1) is 35.4. The van der Waals surface area contributed by atoms with Crippen LogP contribution < -0.4 is 5.32 Å². The van der Waals surface area contributed by atoms with Gasteiger partial charge < -0.3 is 62.2 Å². The Morgan fingerprint density at radius 3 is 1.65 bits per heavy atom. The van der Waals surface area contributed by atoms with Crippen molar-refractivity contribution in [2.45, 2.75) is 112 Å². The summed E-state index contributed by atoms with van der Waals surface area (Å²) >= 11 is 18.3. The van der Waals surface area contributed by atoms with Crippen LogP contribution in [-0.2, 0) is 85.6 Å². The Morgan fingerprint density at radius 1 is 0.667 bits per heavy atom. The van der Waals surface area contributed by atoms with Gasteiger partial charge in [0.15, 0.2) is 24.4 Å². The van der Waals surface area contributed by atoms with E-state index in [1.807, 2.05) is 0 Å².